The third kappa shape index (κ3) is 3.87. The van der Waals surface area contributed by atoms with E-state index in [1.54, 1.807) is 0 Å². The number of hydrogen-bond acceptors (Lipinski definition) is 3. The van der Waals surface area contributed by atoms with Crippen LogP contribution in [-0.2, 0) is 0 Å². The molecule has 0 aromatic heterocycles. The summed E-state index contributed by atoms with van der Waals surface area (Å²) < 4.78 is 5.67. The molecule has 0 bridgehead atoms. The van der Waals surface area contributed by atoms with E-state index in [2.05, 4.69) is 36.3 Å². The van der Waals surface area contributed by atoms with Gasteiger partial charge in [0.1, 0.15) is 5.75 Å². The molecule has 1 aliphatic heterocycles. The molecule has 3 heteroatoms. The van der Waals surface area contributed by atoms with Crippen molar-refractivity contribution in [3.05, 3.63) is 24.3 Å². The topological polar surface area (TPSA) is 24.5 Å². The molecule has 1 aromatic rings. The van der Waals surface area contributed by atoms with Crippen LogP contribution in [0.1, 0.15) is 26.7 Å². The highest BCUT2D eigenvalue weighted by Gasteiger charge is 2.22. The first-order chi connectivity index (χ1) is 9.20. The van der Waals surface area contributed by atoms with Crippen LogP contribution in [0.4, 0.5) is 5.69 Å². The first-order valence-electron chi connectivity index (χ1n) is 7.37. The number of likely N-dealkylation sites (tertiary alicyclic amines) is 1. The molecule has 0 spiro atoms. The summed E-state index contributed by atoms with van der Waals surface area (Å²) in [6.07, 6.45) is 2.56. The maximum atomic E-state index is 5.67. The Hall–Kier alpha value is -1.22. The molecule has 1 saturated heterocycles. The number of para-hydroxylation sites is 2. The monoisotopic (exact) mass is 262 g/mol. The molecule has 1 atom stereocenters. The van der Waals surface area contributed by atoms with Crippen LogP contribution >= 0.6 is 0 Å². The van der Waals surface area contributed by atoms with Gasteiger partial charge >= 0.3 is 0 Å². The van der Waals surface area contributed by atoms with Crippen molar-refractivity contribution in [2.75, 3.05) is 32.1 Å². The minimum absolute atomic E-state index is 0.496. The van der Waals surface area contributed by atoms with Crippen molar-refractivity contribution >= 4 is 5.69 Å². The van der Waals surface area contributed by atoms with Crippen LogP contribution < -0.4 is 10.1 Å². The second kappa shape index (κ2) is 6.80. The maximum absolute atomic E-state index is 5.67. The molecule has 1 aromatic carbocycles. The molecule has 1 unspecified atom stereocenters. The van der Waals surface area contributed by atoms with E-state index in [4.69, 9.17) is 4.74 Å². The molecular formula is C16H26N2O. The average Bonchev–Trinajstić information content (AvgIpc) is 2.42. The lowest BCUT2D eigenvalue weighted by molar-refractivity contribution is 0.208. The largest absolute Gasteiger partial charge is 0.492 e. The Balaban J connectivity index is 1.96. The maximum Gasteiger partial charge on any atom is 0.142 e. The number of anilines is 1. The van der Waals surface area contributed by atoms with Gasteiger partial charge in [-0.3, -0.25) is 0 Å². The zero-order valence-electron chi connectivity index (χ0n) is 12.4. The summed E-state index contributed by atoms with van der Waals surface area (Å²) >= 11 is 0. The van der Waals surface area contributed by atoms with E-state index >= 15 is 0 Å². The van der Waals surface area contributed by atoms with Crippen molar-refractivity contribution in [3.63, 3.8) is 0 Å². The lowest BCUT2D eigenvalue weighted by Gasteiger charge is -2.33. The third-order valence-electron chi connectivity index (χ3n) is 4.04. The molecule has 1 aliphatic rings. The first kappa shape index (κ1) is 14.2. The van der Waals surface area contributed by atoms with Crippen LogP contribution in [0.5, 0.6) is 5.75 Å². The molecule has 106 valence electrons. The van der Waals surface area contributed by atoms with E-state index in [9.17, 15) is 0 Å². The third-order valence-corrected chi connectivity index (χ3v) is 4.04. The number of nitrogens with one attached hydrogen (secondary N) is 1. The fourth-order valence-electron chi connectivity index (χ4n) is 2.76. The summed E-state index contributed by atoms with van der Waals surface area (Å²) in [5.74, 6) is 1.72. The highest BCUT2D eigenvalue weighted by Crippen LogP contribution is 2.28. The van der Waals surface area contributed by atoms with E-state index < -0.39 is 0 Å². The van der Waals surface area contributed by atoms with Crippen LogP contribution in [0.3, 0.4) is 0 Å². The van der Waals surface area contributed by atoms with Gasteiger partial charge in [0, 0.05) is 6.04 Å². The van der Waals surface area contributed by atoms with E-state index in [-0.39, 0.29) is 0 Å². The van der Waals surface area contributed by atoms with Gasteiger partial charge < -0.3 is 15.0 Å². The highest BCUT2D eigenvalue weighted by molar-refractivity contribution is 5.56. The summed E-state index contributed by atoms with van der Waals surface area (Å²) in [4.78, 5) is 2.41. The van der Waals surface area contributed by atoms with E-state index in [0.29, 0.717) is 12.6 Å². The van der Waals surface area contributed by atoms with E-state index in [1.807, 2.05) is 19.1 Å². The number of rotatable bonds is 5. The fraction of sp³-hybridized carbons (Fsp3) is 0.625. The Bertz CT molecular complexity index is 386. The lowest BCUT2D eigenvalue weighted by Crippen LogP contribution is -2.37. The Morgan fingerprint density at radius 2 is 2.00 bits per heavy atom. The van der Waals surface area contributed by atoms with E-state index in [0.717, 1.165) is 17.4 Å². The Kier molecular flexibility index (Phi) is 5.08. The summed E-state index contributed by atoms with van der Waals surface area (Å²) in [5, 5.41) is 3.64. The summed E-state index contributed by atoms with van der Waals surface area (Å²) in [7, 11) is 2.21. The molecule has 2 rings (SSSR count). The zero-order chi connectivity index (χ0) is 13.7. The lowest BCUT2D eigenvalue weighted by atomic mass is 9.90. The van der Waals surface area contributed by atoms with Gasteiger partial charge in [0.15, 0.2) is 0 Å². The molecule has 0 aliphatic carbocycles. The van der Waals surface area contributed by atoms with Crippen molar-refractivity contribution in [1.82, 2.24) is 4.90 Å². The number of nitrogens with zero attached hydrogens (tertiary/aromatic N) is 1. The van der Waals surface area contributed by atoms with Gasteiger partial charge in [0.2, 0.25) is 0 Å². The summed E-state index contributed by atoms with van der Waals surface area (Å²) in [6, 6.07) is 8.72. The number of ether oxygens (including phenoxy) is 1. The van der Waals surface area contributed by atoms with Crippen LogP contribution in [-0.4, -0.2) is 37.7 Å². The van der Waals surface area contributed by atoms with Gasteiger partial charge in [-0.1, -0.05) is 12.1 Å². The highest BCUT2D eigenvalue weighted by atomic mass is 16.5. The van der Waals surface area contributed by atoms with Crippen LogP contribution in [0, 0.1) is 5.92 Å². The predicted molar refractivity (Wildman–Crippen MR) is 80.9 cm³/mol. The van der Waals surface area contributed by atoms with Gasteiger partial charge in [0.05, 0.1) is 12.3 Å². The van der Waals surface area contributed by atoms with Crippen molar-refractivity contribution in [2.24, 2.45) is 5.92 Å². The van der Waals surface area contributed by atoms with Crippen LogP contribution in [0.25, 0.3) is 0 Å². The standard InChI is InChI=1S/C16H26N2O/c1-4-19-16-8-6-5-7-15(16)17-13(2)14-9-11-18(3)12-10-14/h5-8,13-14,17H,4,9-12H2,1-3H3. The molecule has 1 N–H and O–H groups in total. The first-order valence-corrected chi connectivity index (χ1v) is 7.37. The molecule has 3 nitrogen and oxygen atoms in total. The molecule has 1 fully saturated rings. The molecule has 1 heterocycles. The molecular weight excluding hydrogens is 236 g/mol. The predicted octanol–water partition coefficient (Wildman–Crippen LogP) is 3.23. The van der Waals surface area contributed by atoms with Crippen molar-refractivity contribution in [3.8, 4) is 5.75 Å². The fourth-order valence-corrected chi connectivity index (χ4v) is 2.76. The van der Waals surface area contributed by atoms with Gasteiger partial charge in [-0.2, -0.15) is 0 Å². The molecule has 0 radical (unpaired) electrons. The van der Waals surface area contributed by atoms with Gasteiger partial charge in [-0.25, -0.2) is 0 Å². The van der Waals surface area contributed by atoms with Crippen molar-refractivity contribution in [1.29, 1.82) is 0 Å². The molecule has 19 heavy (non-hydrogen) atoms. The van der Waals surface area contributed by atoms with Gasteiger partial charge in [-0.15, -0.1) is 0 Å². The SMILES string of the molecule is CCOc1ccccc1NC(C)C1CCN(C)CC1. The van der Waals surface area contributed by atoms with Crippen LogP contribution in [0.15, 0.2) is 24.3 Å². The average molecular weight is 262 g/mol. The van der Waals surface area contributed by atoms with Crippen molar-refractivity contribution in [2.45, 2.75) is 32.7 Å². The molecule has 0 amide bonds. The number of benzene rings is 1. The van der Waals surface area contributed by atoms with Crippen LogP contribution in [0.2, 0.25) is 0 Å². The Morgan fingerprint density at radius 1 is 1.32 bits per heavy atom. The Morgan fingerprint density at radius 3 is 2.68 bits per heavy atom. The second-order valence-corrected chi connectivity index (χ2v) is 5.50. The van der Waals surface area contributed by atoms with Crippen molar-refractivity contribution < 1.29 is 4.74 Å². The number of piperidine rings is 1. The smallest absolute Gasteiger partial charge is 0.142 e. The second-order valence-electron chi connectivity index (χ2n) is 5.50. The number of hydrogen-bond donors (Lipinski definition) is 1. The summed E-state index contributed by atoms with van der Waals surface area (Å²) in [5.41, 5.74) is 1.12. The van der Waals surface area contributed by atoms with E-state index in [1.165, 1.54) is 25.9 Å². The normalized spacial score (nSPS) is 19.1. The zero-order valence-corrected chi connectivity index (χ0v) is 12.4. The minimum Gasteiger partial charge on any atom is -0.492 e. The quantitative estimate of drug-likeness (QED) is 0.881. The summed E-state index contributed by atoms with van der Waals surface area (Å²) in [6.45, 7) is 7.45. The minimum atomic E-state index is 0.496. The van der Waals surface area contributed by atoms with Gasteiger partial charge in [-0.05, 0) is 64.9 Å². The Labute approximate surface area is 116 Å². The molecule has 0 saturated carbocycles. The van der Waals surface area contributed by atoms with Gasteiger partial charge in [0.25, 0.3) is 0 Å².